The smallest absolute Gasteiger partial charge is 0.351 e. The Morgan fingerprint density at radius 1 is 1.43 bits per heavy atom. The zero-order chi connectivity index (χ0) is 16.6. The number of aryl methyl sites for hydroxylation is 1. The Morgan fingerprint density at radius 3 is 2.87 bits per heavy atom. The third kappa shape index (κ3) is 3.55. The number of aromatic nitrogens is 1. The van der Waals surface area contributed by atoms with Gasteiger partial charge >= 0.3 is 6.18 Å². The lowest BCUT2D eigenvalue weighted by Gasteiger charge is -2.08. The van der Waals surface area contributed by atoms with Crippen LogP contribution in [0.25, 0.3) is 0 Å². The molecular formula is C16H15F3N2OS. The highest BCUT2D eigenvalue weighted by molar-refractivity contribution is 7.09. The second-order valence-corrected chi connectivity index (χ2v) is 6.59. The predicted octanol–water partition coefficient (Wildman–Crippen LogP) is 3.89. The Hall–Kier alpha value is -1.89. The third-order valence-electron chi connectivity index (χ3n) is 4.04. The highest BCUT2D eigenvalue weighted by Gasteiger charge is 2.44. The second-order valence-electron chi connectivity index (χ2n) is 5.65. The summed E-state index contributed by atoms with van der Waals surface area (Å²) in [6, 6.07) is 5.24. The molecule has 3 rings (SSSR count). The number of carbonyl (C=O) groups is 1. The van der Waals surface area contributed by atoms with Gasteiger partial charge in [-0.15, -0.1) is 11.3 Å². The summed E-state index contributed by atoms with van der Waals surface area (Å²) in [6.07, 6.45) is -3.76. The molecule has 7 heteroatoms. The summed E-state index contributed by atoms with van der Waals surface area (Å²) in [5.74, 6) is -0.480. The molecule has 1 aliphatic carbocycles. The topological polar surface area (TPSA) is 42.0 Å². The van der Waals surface area contributed by atoms with Crippen LogP contribution in [-0.4, -0.2) is 10.9 Å². The van der Waals surface area contributed by atoms with Crippen LogP contribution in [0.2, 0.25) is 0 Å². The number of hydrogen-bond donors (Lipinski definition) is 1. The van der Waals surface area contributed by atoms with E-state index in [1.165, 1.54) is 17.4 Å². The maximum atomic E-state index is 12.7. The Balaban J connectivity index is 1.61. The fourth-order valence-electron chi connectivity index (χ4n) is 2.59. The predicted molar refractivity (Wildman–Crippen MR) is 81.0 cm³/mol. The van der Waals surface area contributed by atoms with E-state index in [4.69, 9.17) is 0 Å². The van der Waals surface area contributed by atoms with Crippen molar-refractivity contribution >= 4 is 17.2 Å². The molecule has 1 amide bonds. The van der Waals surface area contributed by atoms with Crippen LogP contribution in [0.3, 0.4) is 0 Å². The van der Waals surface area contributed by atoms with E-state index in [0.29, 0.717) is 18.5 Å². The van der Waals surface area contributed by atoms with Crippen molar-refractivity contribution in [2.45, 2.75) is 32.0 Å². The Bertz CT molecular complexity index is 726. The summed E-state index contributed by atoms with van der Waals surface area (Å²) in [4.78, 5) is 17.2. The number of amides is 1. The zero-order valence-corrected chi connectivity index (χ0v) is 13.2. The number of rotatable bonds is 4. The van der Waals surface area contributed by atoms with Gasteiger partial charge in [0.05, 0.1) is 23.3 Å². The van der Waals surface area contributed by atoms with E-state index in [2.05, 4.69) is 10.3 Å². The van der Waals surface area contributed by atoms with E-state index in [0.717, 1.165) is 22.7 Å². The summed E-state index contributed by atoms with van der Waals surface area (Å²) in [7, 11) is 0. The van der Waals surface area contributed by atoms with Crippen molar-refractivity contribution in [3.8, 4) is 0 Å². The molecule has 2 aromatic rings. The lowest BCUT2D eigenvalue weighted by Crippen LogP contribution is -2.24. The van der Waals surface area contributed by atoms with Gasteiger partial charge in [0.1, 0.15) is 0 Å². The maximum absolute atomic E-state index is 12.7. The van der Waals surface area contributed by atoms with Gasteiger partial charge in [-0.1, -0.05) is 18.2 Å². The fraction of sp³-hybridized carbons (Fsp3) is 0.375. The molecule has 3 nitrogen and oxygen atoms in total. The molecule has 0 radical (unpaired) electrons. The van der Waals surface area contributed by atoms with Gasteiger partial charge in [0.15, 0.2) is 0 Å². The summed E-state index contributed by atoms with van der Waals surface area (Å²) in [6.45, 7) is 2.29. The first kappa shape index (κ1) is 16.0. The molecule has 122 valence electrons. The van der Waals surface area contributed by atoms with Crippen molar-refractivity contribution < 1.29 is 18.0 Å². The van der Waals surface area contributed by atoms with Gasteiger partial charge < -0.3 is 5.32 Å². The van der Waals surface area contributed by atoms with Gasteiger partial charge in [-0.05, 0) is 30.9 Å². The average molecular weight is 340 g/mol. The first-order chi connectivity index (χ1) is 10.9. The van der Waals surface area contributed by atoms with Crippen molar-refractivity contribution in [3.05, 3.63) is 51.5 Å². The normalized spacial score (nSPS) is 20.3. The van der Waals surface area contributed by atoms with Crippen molar-refractivity contribution in [2.75, 3.05) is 0 Å². The van der Waals surface area contributed by atoms with Gasteiger partial charge in [0, 0.05) is 10.8 Å². The molecule has 1 aromatic heterocycles. The first-order valence-corrected chi connectivity index (χ1v) is 8.08. The van der Waals surface area contributed by atoms with E-state index >= 15 is 0 Å². The van der Waals surface area contributed by atoms with Gasteiger partial charge in [0.25, 0.3) is 0 Å². The number of alkyl halides is 3. The van der Waals surface area contributed by atoms with Gasteiger partial charge in [-0.25, -0.2) is 4.98 Å². The second kappa shape index (κ2) is 5.96. The van der Waals surface area contributed by atoms with E-state index < -0.39 is 11.7 Å². The van der Waals surface area contributed by atoms with Crippen molar-refractivity contribution in [3.63, 3.8) is 0 Å². The van der Waals surface area contributed by atoms with Crippen LogP contribution < -0.4 is 5.32 Å². The van der Waals surface area contributed by atoms with Crippen LogP contribution in [0.1, 0.15) is 34.0 Å². The quantitative estimate of drug-likeness (QED) is 0.917. The minimum absolute atomic E-state index is 0.111. The van der Waals surface area contributed by atoms with Crippen molar-refractivity contribution in [1.82, 2.24) is 10.3 Å². The molecule has 0 spiro atoms. The number of halogens is 3. The molecule has 1 saturated carbocycles. The number of nitrogens with one attached hydrogen (secondary N) is 1. The van der Waals surface area contributed by atoms with Crippen LogP contribution >= 0.6 is 11.3 Å². The number of carbonyl (C=O) groups excluding carboxylic acids is 1. The molecule has 2 atom stereocenters. The Morgan fingerprint density at radius 2 is 2.22 bits per heavy atom. The molecule has 1 N–H and O–H groups in total. The van der Waals surface area contributed by atoms with Crippen LogP contribution in [-0.2, 0) is 17.5 Å². The number of nitrogens with zero attached hydrogens (tertiary/aromatic N) is 1. The lowest BCUT2D eigenvalue weighted by atomic mass is 10.1. The number of thiazole rings is 1. The van der Waals surface area contributed by atoms with Gasteiger partial charge in [-0.2, -0.15) is 13.2 Å². The summed E-state index contributed by atoms with van der Waals surface area (Å²) < 4.78 is 38.2. The van der Waals surface area contributed by atoms with Crippen LogP contribution in [0, 0.1) is 12.8 Å². The lowest BCUT2D eigenvalue weighted by molar-refractivity contribution is -0.137. The molecular weight excluding hydrogens is 325 g/mol. The number of hydrogen-bond acceptors (Lipinski definition) is 3. The molecule has 1 fully saturated rings. The Labute approximate surface area is 135 Å². The molecule has 1 aromatic carbocycles. The highest BCUT2D eigenvalue weighted by atomic mass is 32.1. The molecule has 1 aliphatic rings. The molecule has 0 aliphatic heterocycles. The van der Waals surface area contributed by atoms with E-state index in [9.17, 15) is 18.0 Å². The summed E-state index contributed by atoms with van der Waals surface area (Å²) in [5, 5.41) is 2.84. The summed E-state index contributed by atoms with van der Waals surface area (Å²) in [5.41, 5.74) is 2.52. The monoisotopic (exact) mass is 340 g/mol. The maximum Gasteiger partial charge on any atom is 0.416 e. The minimum Gasteiger partial charge on any atom is -0.351 e. The summed E-state index contributed by atoms with van der Waals surface area (Å²) >= 11 is 1.47. The molecule has 0 bridgehead atoms. The highest BCUT2D eigenvalue weighted by Crippen LogP contribution is 2.48. The van der Waals surface area contributed by atoms with Crippen LogP contribution in [0.4, 0.5) is 13.2 Å². The standard InChI is InChI=1S/C16H15F3N2OS/c1-9-14(23-8-21-9)7-20-15(22)13-6-12(13)10-3-2-4-11(5-10)16(17,18)19/h2-5,8,12-13H,6-7H2,1H3,(H,20,22)/t12-,13+/m0/s1. The van der Waals surface area contributed by atoms with Crippen molar-refractivity contribution in [1.29, 1.82) is 0 Å². The molecule has 23 heavy (non-hydrogen) atoms. The van der Waals surface area contributed by atoms with E-state index in [-0.39, 0.29) is 17.7 Å². The average Bonchev–Trinajstić information content (AvgIpc) is 3.21. The van der Waals surface area contributed by atoms with Crippen molar-refractivity contribution in [2.24, 2.45) is 5.92 Å². The van der Waals surface area contributed by atoms with Gasteiger partial charge in [-0.3, -0.25) is 4.79 Å². The Kier molecular flexibility index (Phi) is 4.14. The van der Waals surface area contributed by atoms with Crippen LogP contribution in [0.5, 0.6) is 0 Å². The molecule has 1 heterocycles. The van der Waals surface area contributed by atoms with Gasteiger partial charge in [0.2, 0.25) is 5.91 Å². The van der Waals surface area contributed by atoms with E-state index in [1.54, 1.807) is 11.6 Å². The molecule has 0 saturated heterocycles. The third-order valence-corrected chi connectivity index (χ3v) is 4.97. The van der Waals surface area contributed by atoms with Crippen LogP contribution in [0.15, 0.2) is 29.8 Å². The SMILES string of the molecule is Cc1ncsc1CNC(=O)[C@@H]1C[C@H]1c1cccc(C(F)(F)F)c1. The fourth-order valence-corrected chi connectivity index (χ4v) is 3.31. The zero-order valence-electron chi connectivity index (χ0n) is 12.4. The molecule has 0 unspecified atom stereocenters. The first-order valence-electron chi connectivity index (χ1n) is 7.20. The minimum atomic E-state index is -4.35. The number of benzene rings is 1. The van der Waals surface area contributed by atoms with E-state index in [1.807, 2.05) is 6.92 Å². The largest absolute Gasteiger partial charge is 0.416 e.